The van der Waals surface area contributed by atoms with E-state index in [1.54, 1.807) is 11.3 Å². The summed E-state index contributed by atoms with van der Waals surface area (Å²) in [7, 11) is 0. The van der Waals surface area contributed by atoms with Crippen molar-refractivity contribution in [1.82, 2.24) is 10.3 Å². The first kappa shape index (κ1) is 13.2. The second kappa shape index (κ2) is 6.12. The topological polar surface area (TPSA) is 24.9 Å². The lowest BCUT2D eigenvalue weighted by atomic mass is 10.0. The molecular formula is C15H20N2S. The van der Waals surface area contributed by atoms with E-state index in [9.17, 15) is 0 Å². The molecule has 0 aliphatic carbocycles. The Bertz CT molecular complexity index is 487. The predicted octanol–water partition coefficient (Wildman–Crippen LogP) is 4.00. The van der Waals surface area contributed by atoms with Crippen LogP contribution in [0.3, 0.4) is 0 Å². The predicted molar refractivity (Wildman–Crippen MR) is 77.9 cm³/mol. The Labute approximate surface area is 113 Å². The van der Waals surface area contributed by atoms with Crippen LogP contribution in [0, 0.1) is 13.8 Å². The first-order chi connectivity index (χ1) is 8.69. The number of nitrogens with zero attached hydrogens (tertiary/aromatic N) is 1. The summed E-state index contributed by atoms with van der Waals surface area (Å²) in [6, 6.07) is 9.18. The fourth-order valence-electron chi connectivity index (χ4n) is 1.99. The summed E-state index contributed by atoms with van der Waals surface area (Å²) in [5, 5.41) is 4.75. The van der Waals surface area contributed by atoms with E-state index >= 15 is 0 Å². The second-order valence-corrected chi connectivity index (χ2v) is 5.94. The summed E-state index contributed by atoms with van der Waals surface area (Å²) in [6.45, 7) is 7.28. The zero-order valence-corrected chi connectivity index (χ0v) is 12.1. The van der Waals surface area contributed by atoms with E-state index in [0.717, 1.165) is 18.0 Å². The van der Waals surface area contributed by atoms with Gasteiger partial charge in [-0.1, -0.05) is 36.8 Å². The monoisotopic (exact) mass is 260 g/mol. The summed E-state index contributed by atoms with van der Waals surface area (Å²) in [5.74, 6) is 0. The molecule has 96 valence electrons. The Hall–Kier alpha value is -1.19. The van der Waals surface area contributed by atoms with Gasteiger partial charge in [0.1, 0.15) is 5.01 Å². The number of thiazole rings is 1. The molecule has 2 aromatic rings. The second-order valence-electron chi connectivity index (χ2n) is 4.62. The van der Waals surface area contributed by atoms with Crippen LogP contribution in [0.2, 0.25) is 0 Å². The Morgan fingerprint density at radius 1 is 1.22 bits per heavy atom. The molecule has 2 nitrogen and oxygen atoms in total. The highest BCUT2D eigenvalue weighted by atomic mass is 32.1. The number of hydrogen-bond donors (Lipinski definition) is 1. The van der Waals surface area contributed by atoms with Crippen molar-refractivity contribution in [3.63, 3.8) is 0 Å². The van der Waals surface area contributed by atoms with E-state index in [-0.39, 0.29) is 0 Å². The number of hydrogen-bond acceptors (Lipinski definition) is 3. The molecule has 0 spiro atoms. The Kier molecular flexibility index (Phi) is 4.50. The molecule has 0 aliphatic rings. The highest BCUT2D eigenvalue weighted by Crippen LogP contribution is 2.19. The van der Waals surface area contributed by atoms with E-state index < -0.39 is 0 Å². The van der Waals surface area contributed by atoms with Crippen molar-refractivity contribution in [2.24, 2.45) is 0 Å². The van der Waals surface area contributed by atoms with Crippen LogP contribution < -0.4 is 5.32 Å². The number of benzene rings is 1. The SMILES string of the molecule is CCC(NCc1ncc(C)s1)c1ccc(C)cc1. The summed E-state index contributed by atoms with van der Waals surface area (Å²) in [4.78, 5) is 5.66. The Morgan fingerprint density at radius 2 is 1.94 bits per heavy atom. The Balaban J connectivity index is 1.99. The smallest absolute Gasteiger partial charge is 0.107 e. The third kappa shape index (κ3) is 3.40. The first-order valence-corrected chi connectivity index (χ1v) is 7.22. The minimum Gasteiger partial charge on any atom is -0.304 e. The van der Waals surface area contributed by atoms with E-state index in [1.807, 2.05) is 6.20 Å². The van der Waals surface area contributed by atoms with E-state index in [4.69, 9.17) is 0 Å². The van der Waals surface area contributed by atoms with Gasteiger partial charge in [0.2, 0.25) is 0 Å². The molecule has 1 unspecified atom stereocenters. The van der Waals surface area contributed by atoms with Crippen LogP contribution in [0.4, 0.5) is 0 Å². The van der Waals surface area contributed by atoms with Gasteiger partial charge in [-0.15, -0.1) is 11.3 Å². The van der Waals surface area contributed by atoms with Gasteiger partial charge >= 0.3 is 0 Å². The molecular weight excluding hydrogens is 240 g/mol. The van der Waals surface area contributed by atoms with Gasteiger partial charge in [-0.3, -0.25) is 0 Å². The molecule has 0 saturated carbocycles. The molecule has 1 aromatic heterocycles. The van der Waals surface area contributed by atoms with Gasteiger partial charge in [-0.25, -0.2) is 4.98 Å². The fourth-order valence-corrected chi connectivity index (χ4v) is 2.73. The minimum atomic E-state index is 0.412. The van der Waals surface area contributed by atoms with E-state index in [1.165, 1.54) is 16.0 Å². The van der Waals surface area contributed by atoms with Gasteiger partial charge in [-0.05, 0) is 25.8 Å². The van der Waals surface area contributed by atoms with Gasteiger partial charge in [0.25, 0.3) is 0 Å². The van der Waals surface area contributed by atoms with Crippen molar-refractivity contribution in [2.45, 2.75) is 39.8 Å². The molecule has 1 heterocycles. The van der Waals surface area contributed by atoms with Crippen molar-refractivity contribution < 1.29 is 0 Å². The van der Waals surface area contributed by atoms with E-state index in [2.05, 4.69) is 55.3 Å². The number of rotatable bonds is 5. The minimum absolute atomic E-state index is 0.412. The largest absolute Gasteiger partial charge is 0.304 e. The van der Waals surface area contributed by atoms with Gasteiger partial charge in [0, 0.05) is 23.7 Å². The third-order valence-electron chi connectivity index (χ3n) is 3.06. The summed E-state index contributed by atoms with van der Waals surface area (Å²) in [6.07, 6.45) is 3.03. The highest BCUT2D eigenvalue weighted by molar-refractivity contribution is 7.11. The summed E-state index contributed by atoms with van der Waals surface area (Å²) >= 11 is 1.76. The lowest BCUT2D eigenvalue weighted by Gasteiger charge is -2.16. The van der Waals surface area contributed by atoms with Gasteiger partial charge in [-0.2, -0.15) is 0 Å². The number of aromatic nitrogens is 1. The molecule has 0 radical (unpaired) electrons. The van der Waals surface area contributed by atoms with Crippen molar-refractivity contribution in [1.29, 1.82) is 0 Å². The molecule has 1 atom stereocenters. The van der Waals surface area contributed by atoms with Crippen molar-refractivity contribution >= 4 is 11.3 Å². The molecule has 1 aromatic carbocycles. The van der Waals surface area contributed by atoms with E-state index in [0.29, 0.717) is 6.04 Å². The third-order valence-corrected chi connectivity index (χ3v) is 3.97. The van der Waals surface area contributed by atoms with Gasteiger partial charge in [0.15, 0.2) is 0 Å². The van der Waals surface area contributed by atoms with Crippen LogP contribution >= 0.6 is 11.3 Å². The normalized spacial score (nSPS) is 12.6. The fraction of sp³-hybridized carbons (Fsp3) is 0.400. The Morgan fingerprint density at radius 3 is 2.50 bits per heavy atom. The van der Waals surface area contributed by atoms with Crippen molar-refractivity contribution in [3.05, 3.63) is 51.5 Å². The molecule has 0 fully saturated rings. The molecule has 0 bridgehead atoms. The first-order valence-electron chi connectivity index (χ1n) is 6.40. The highest BCUT2D eigenvalue weighted by Gasteiger charge is 2.09. The number of aryl methyl sites for hydroxylation is 2. The lowest BCUT2D eigenvalue weighted by molar-refractivity contribution is 0.518. The van der Waals surface area contributed by atoms with Crippen LogP contribution in [0.25, 0.3) is 0 Å². The van der Waals surface area contributed by atoms with Gasteiger partial charge < -0.3 is 5.32 Å². The number of nitrogens with one attached hydrogen (secondary N) is 1. The maximum atomic E-state index is 4.39. The standard InChI is InChI=1S/C15H20N2S/c1-4-14(13-7-5-11(2)6-8-13)16-10-15-17-9-12(3)18-15/h5-9,14,16H,4,10H2,1-3H3. The molecule has 2 rings (SSSR count). The zero-order chi connectivity index (χ0) is 13.0. The van der Waals surface area contributed by atoms with Crippen LogP contribution in [-0.2, 0) is 6.54 Å². The maximum Gasteiger partial charge on any atom is 0.107 e. The molecule has 0 saturated heterocycles. The van der Waals surface area contributed by atoms with Crippen LogP contribution in [0.5, 0.6) is 0 Å². The van der Waals surface area contributed by atoms with Crippen LogP contribution in [-0.4, -0.2) is 4.98 Å². The molecule has 3 heteroatoms. The average Bonchev–Trinajstić information content (AvgIpc) is 2.78. The van der Waals surface area contributed by atoms with Crippen molar-refractivity contribution in [2.75, 3.05) is 0 Å². The zero-order valence-electron chi connectivity index (χ0n) is 11.2. The molecule has 0 amide bonds. The quantitative estimate of drug-likeness (QED) is 0.879. The molecule has 1 N–H and O–H groups in total. The molecule has 18 heavy (non-hydrogen) atoms. The summed E-state index contributed by atoms with van der Waals surface area (Å²) < 4.78 is 0. The summed E-state index contributed by atoms with van der Waals surface area (Å²) in [5.41, 5.74) is 2.67. The van der Waals surface area contributed by atoms with Crippen molar-refractivity contribution in [3.8, 4) is 0 Å². The average molecular weight is 260 g/mol. The van der Waals surface area contributed by atoms with Gasteiger partial charge in [0.05, 0.1) is 0 Å². The molecule has 0 aliphatic heterocycles. The van der Waals surface area contributed by atoms with Crippen LogP contribution in [0.1, 0.15) is 40.4 Å². The lowest BCUT2D eigenvalue weighted by Crippen LogP contribution is -2.20. The maximum absolute atomic E-state index is 4.39. The van der Waals surface area contributed by atoms with Crippen LogP contribution in [0.15, 0.2) is 30.5 Å².